The molecule has 30 heavy (non-hydrogen) atoms. The maximum absolute atomic E-state index is 13.7. The standard InChI is InChI=1S/C21H25FN4O4/c1-13(27)30-21(2,3)20(29)26-10-8-14(9-11-26)17-12-18(25-24-17)19(28)23-16-7-5-4-6-15(16)22/h4-7,12,14H,8-11H2,1-3H3,(H,23,28)(H,24,25). The van der Waals surface area contributed by atoms with Crippen molar-refractivity contribution in [1.82, 2.24) is 15.1 Å². The Labute approximate surface area is 173 Å². The molecule has 0 aliphatic carbocycles. The second kappa shape index (κ2) is 8.64. The number of nitrogens with one attached hydrogen (secondary N) is 2. The number of carbonyl (C=O) groups is 3. The first kappa shape index (κ1) is 21.5. The molecule has 0 bridgehead atoms. The van der Waals surface area contributed by atoms with Crippen molar-refractivity contribution in [2.45, 2.75) is 45.1 Å². The number of likely N-dealkylation sites (tertiary alicyclic amines) is 1. The minimum absolute atomic E-state index is 0.0919. The molecule has 0 unspecified atom stereocenters. The molecule has 1 fully saturated rings. The summed E-state index contributed by atoms with van der Waals surface area (Å²) in [5.74, 6) is -1.64. The highest BCUT2D eigenvalue weighted by molar-refractivity contribution is 6.03. The van der Waals surface area contributed by atoms with Crippen LogP contribution in [0.3, 0.4) is 0 Å². The van der Waals surface area contributed by atoms with E-state index in [9.17, 15) is 18.8 Å². The summed E-state index contributed by atoms with van der Waals surface area (Å²) in [6.45, 7) is 5.45. The lowest BCUT2D eigenvalue weighted by Crippen LogP contribution is -2.50. The number of anilines is 1. The van der Waals surface area contributed by atoms with Crippen LogP contribution in [0.4, 0.5) is 10.1 Å². The van der Waals surface area contributed by atoms with Crippen LogP contribution < -0.4 is 5.32 Å². The van der Waals surface area contributed by atoms with E-state index in [-0.39, 0.29) is 23.2 Å². The summed E-state index contributed by atoms with van der Waals surface area (Å²) in [4.78, 5) is 37.9. The van der Waals surface area contributed by atoms with Gasteiger partial charge in [0.1, 0.15) is 5.82 Å². The lowest BCUT2D eigenvalue weighted by molar-refractivity contribution is -0.169. The molecule has 9 heteroatoms. The molecule has 8 nitrogen and oxygen atoms in total. The van der Waals surface area contributed by atoms with Crippen molar-refractivity contribution < 1.29 is 23.5 Å². The number of hydrogen-bond acceptors (Lipinski definition) is 5. The molecule has 0 saturated carbocycles. The zero-order valence-corrected chi connectivity index (χ0v) is 17.2. The number of aromatic amines is 1. The molecule has 0 spiro atoms. The Morgan fingerprint density at radius 3 is 2.53 bits per heavy atom. The van der Waals surface area contributed by atoms with Gasteiger partial charge in [-0.15, -0.1) is 0 Å². The molecule has 1 saturated heterocycles. The van der Waals surface area contributed by atoms with Gasteiger partial charge in [0.2, 0.25) is 0 Å². The van der Waals surface area contributed by atoms with E-state index in [1.54, 1.807) is 36.9 Å². The highest BCUT2D eigenvalue weighted by Crippen LogP contribution is 2.29. The maximum atomic E-state index is 13.7. The summed E-state index contributed by atoms with van der Waals surface area (Å²) in [6.07, 6.45) is 1.36. The third-order valence-corrected chi connectivity index (χ3v) is 5.09. The normalized spacial score (nSPS) is 15.0. The Morgan fingerprint density at radius 2 is 1.90 bits per heavy atom. The van der Waals surface area contributed by atoms with Gasteiger partial charge in [0.05, 0.1) is 5.69 Å². The van der Waals surface area contributed by atoms with Crippen molar-refractivity contribution in [2.75, 3.05) is 18.4 Å². The number of halogens is 1. The molecule has 0 radical (unpaired) electrons. The van der Waals surface area contributed by atoms with Crippen LogP contribution in [0.15, 0.2) is 30.3 Å². The van der Waals surface area contributed by atoms with E-state index in [4.69, 9.17) is 4.74 Å². The second-order valence-electron chi connectivity index (χ2n) is 7.81. The van der Waals surface area contributed by atoms with Crippen molar-refractivity contribution in [3.63, 3.8) is 0 Å². The Kier molecular flexibility index (Phi) is 6.19. The molecule has 2 heterocycles. The summed E-state index contributed by atoms with van der Waals surface area (Å²) in [5, 5.41) is 9.43. The number of hydrogen-bond donors (Lipinski definition) is 2. The van der Waals surface area contributed by atoms with Crippen LogP contribution in [0.5, 0.6) is 0 Å². The minimum Gasteiger partial charge on any atom is -0.450 e. The predicted molar refractivity (Wildman–Crippen MR) is 107 cm³/mol. The van der Waals surface area contributed by atoms with Gasteiger partial charge in [0.15, 0.2) is 11.3 Å². The molecule has 160 valence electrons. The third-order valence-electron chi connectivity index (χ3n) is 5.09. The molecule has 3 rings (SSSR count). The van der Waals surface area contributed by atoms with Gasteiger partial charge < -0.3 is 15.0 Å². The Bertz CT molecular complexity index is 948. The van der Waals surface area contributed by atoms with E-state index in [2.05, 4.69) is 15.5 Å². The first-order valence-electron chi connectivity index (χ1n) is 9.77. The number of para-hydroxylation sites is 1. The lowest BCUT2D eigenvalue weighted by atomic mass is 9.92. The SMILES string of the molecule is CC(=O)OC(C)(C)C(=O)N1CCC(c2cc(C(=O)Nc3ccccc3F)n[nH]2)CC1. The molecular formula is C21H25FN4O4. The summed E-state index contributed by atoms with van der Waals surface area (Å²) in [7, 11) is 0. The van der Waals surface area contributed by atoms with Crippen LogP contribution in [-0.4, -0.2) is 51.6 Å². The molecular weight excluding hydrogens is 391 g/mol. The number of benzene rings is 1. The average Bonchev–Trinajstić information content (AvgIpc) is 3.19. The zero-order chi connectivity index (χ0) is 21.9. The summed E-state index contributed by atoms with van der Waals surface area (Å²) < 4.78 is 18.8. The van der Waals surface area contributed by atoms with Gasteiger partial charge in [0.25, 0.3) is 11.8 Å². The monoisotopic (exact) mass is 416 g/mol. The van der Waals surface area contributed by atoms with Gasteiger partial charge >= 0.3 is 5.97 Å². The van der Waals surface area contributed by atoms with E-state index in [1.807, 2.05) is 0 Å². The second-order valence-corrected chi connectivity index (χ2v) is 7.81. The van der Waals surface area contributed by atoms with Crippen LogP contribution >= 0.6 is 0 Å². The highest BCUT2D eigenvalue weighted by Gasteiger charge is 2.37. The third kappa shape index (κ3) is 4.84. The molecule has 1 aromatic carbocycles. The first-order valence-corrected chi connectivity index (χ1v) is 9.77. The summed E-state index contributed by atoms with van der Waals surface area (Å²) in [5.41, 5.74) is -0.151. The van der Waals surface area contributed by atoms with Crippen molar-refractivity contribution in [3.05, 3.63) is 47.5 Å². The highest BCUT2D eigenvalue weighted by atomic mass is 19.1. The smallest absolute Gasteiger partial charge is 0.303 e. The van der Waals surface area contributed by atoms with Gasteiger partial charge in [-0.25, -0.2) is 4.39 Å². The van der Waals surface area contributed by atoms with Crippen LogP contribution in [0.25, 0.3) is 0 Å². The fourth-order valence-electron chi connectivity index (χ4n) is 3.59. The van der Waals surface area contributed by atoms with Gasteiger partial charge in [-0.1, -0.05) is 12.1 Å². The van der Waals surface area contributed by atoms with Crippen LogP contribution in [0.1, 0.15) is 55.7 Å². The van der Waals surface area contributed by atoms with Crippen molar-refractivity contribution in [1.29, 1.82) is 0 Å². The zero-order valence-electron chi connectivity index (χ0n) is 17.2. The topological polar surface area (TPSA) is 104 Å². The minimum atomic E-state index is -1.20. The van der Waals surface area contributed by atoms with Crippen molar-refractivity contribution in [2.24, 2.45) is 0 Å². The molecule has 2 aromatic rings. The number of piperidine rings is 1. The number of nitrogens with zero attached hydrogens (tertiary/aromatic N) is 2. The van der Waals surface area contributed by atoms with Crippen molar-refractivity contribution in [3.8, 4) is 0 Å². The van der Waals surface area contributed by atoms with E-state index < -0.39 is 23.3 Å². The molecule has 0 atom stereocenters. The summed E-state index contributed by atoms with van der Waals surface area (Å²) >= 11 is 0. The lowest BCUT2D eigenvalue weighted by Gasteiger charge is -2.36. The van der Waals surface area contributed by atoms with E-state index >= 15 is 0 Å². The molecule has 1 aromatic heterocycles. The van der Waals surface area contributed by atoms with E-state index in [0.29, 0.717) is 25.9 Å². The molecule has 1 aliphatic rings. The average molecular weight is 416 g/mol. The maximum Gasteiger partial charge on any atom is 0.303 e. The van der Waals surface area contributed by atoms with Crippen LogP contribution in [-0.2, 0) is 14.3 Å². The molecule has 1 aliphatic heterocycles. The Morgan fingerprint density at radius 1 is 1.23 bits per heavy atom. The number of rotatable bonds is 5. The Balaban J connectivity index is 1.59. The fraction of sp³-hybridized carbons (Fsp3) is 0.429. The number of ether oxygens (including phenoxy) is 1. The number of esters is 1. The number of carbonyl (C=O) groups excluding carboxylic acids is 3. The number of H-pyrrole nitrogens is 1. The quantitative estimate of drug-likeness (QED) is 0.730. The number of amides is 2. The summed E-state index contributed by atoms with van der Waals surface area (Å²) in [6, 6.07) is 7.57. The number of aromatic nitrogens is 2. The van der Waals surface area contributed by atoms with Crippen molar-refractivity contribution >= 4 is 23.5 Å². The van der Waals surface area contributed by atoms with Crippen LogP contribution in [0.2, 0.25) is 0 Å². The van der Waals surface area contributed by atoms with Gasteiger partial charge in [-0.3, -0.25) is 19.5 Å². The molecule has 2 N–H and O–H groups in total. The van der Waals surface area contributed by atoms with Gasteiger partial charge in [-0.2, -0.15) is 5.10 Å². The van der Waals surface area contributed by atoms with E-state index in [0.717, 1.165) is 5.69 Å². The van der Waals surface area contributed by atoms with Crippen LogP contribution in [0, 0.1) is 5.82 Å². The Hall–Kier alpha value is -3.23. The first-order chi connectivity index (χ1) is 14.2. The fourth-order valence-corrected chi connectivity index (χ4v) is 3.59. The largest absolute Gasteiger partial charge is 0.450 e. The van der Waals surface area contributed by atoms with Gasteiger partial charge in [-0.05, 0) is 44.9 Å². The van der Waals surface area contributed by atoms with E-state index in [1.165, 1.54) is 19.1 Å². The van der Waals surface area contributed by atoms with Gasteiger partial charge in [0, 0.05) is 31.6 Å². The molecule has 2 amide bonds. The predicted octanol–water partition coefficient (Wildman–Crippen LogP) is 2.85.